The summed E-state index contributed by atoms with van der Waals surface area (Å²) in [5.74, 6) is 4.30. The second kappa shape index (κ2) is 6.53. The Morgan fingerprint density at radius 2 is 1.70 bits per heavy atom. The molecule has 0 radical (unpaired) electrons. The number of anilines is 2. The summed E-state index contributed by atoms with van der Waals surface area (Å²) < 4.78 is 51.6. The molecule has 0 spiro atoms. The average Bonchev–Trinajstić information content (AvgIpc) is 2.49. The summed E-state index contributed by atoms with van der Waals surface area (Å²) in [5.41, 5.74) is 7.30. The molecule has 0 atom stereocenters. The third-order valence-corrected chi connectivity index (χ3v) is 2.96. The summed E-state index contributed by atoms with van der Waals surface area (Å²) in [5, 5.41) is 6.24. The molecule has 0 fully saturated rings. The van der Waals surface area contributed by atoms with Crippen molar-refractivity contribution in [1.82, 2.24) is 5.53 Å². The third kappa shape index (κ3) is 3.89. The number of halogens is 4. The molecule has 0 saturated carbocycles. The molecule has 6 N–H and O–H groups in total. The lowest BCUT2D eigenvalue weighted by atomic mass is 10.1. The van der Waals surface area contributed by atoms with Crippen LogP contribution in [-0.2, 0) is 6.18 Å². The molecule has 0 saturated heterocycles. The van der Waals surface area contributed by atoms with Crippen LogP contribution in [0, 0.1) is 5.82 Å². The Kier molecular flexibility index (Phi) is 4.70. The highest BCUT2D eigenvalue weighted by molar-refractivity contribution is 6.03. The van der Waals surface area contributed by atoms with Crippen molar-refractivity contribution >= 4 is 17.2 Å². The van der Waals surface area contributed by atoms with Crippen LogP contribution in [0.5, 0.6) is 0 Å². The molecule has 2 aromatic rings. The molecule has 2 rings (SSSR count). The lowest BCUT2D eigenvalue weighted by Gasteiger charge is -2.13. The second-order valence-electron chi connectivity index (χ2n) is 4.49. The lowest BCUT2D eigenvalue weighted by Crippen LogP contribution is -2.24. The molecule has 2 aromatic carbocycles. The zero-order valence-electron chi connectivity index (χ0n) is 11.7. The molecule has 0 aliphatic rings. The maximum Gasteiger partial charge on any atom is 0.416 e. The zero-order chi connectivity index (χ0) is 17.0. The lowest BCUT2D eigenvalue weighted by molar-refractivity contribution is -0.137. The summed E-state index contributed by atoms with van der Waals surface area (Å²) in [6.45, 7) is 0. The van der Waals surface area contributed by atoms with Crippen LogP contribution in [0.2, 0.25) is 0 Å². The molecule has 122 valence electrons. The Morgan fingerprint density at radius 3 is 2.26 bits per heavy atom. The maximum atomic E-state index is 14.0. The van der Waals surface area contributed by atoms with Gasteiger partial charge in [0.2, 0.25) is 0 Å². The van der Waals surface area contributed by atoms with Crippen molar-refractivity contribution in [3.63, 3.8) is 0 Å². The highest BCUT2D eigenvalue weighted by Crippen LogP contribution is 2.31. The van der Waals surface area contributed by atoms with Crippen LogP contribution in [0.15, 0.2) is 47.6 Å². The third-order valence-electron chi connectivity index (χ3n) is 2.96. The number of hydrogen-bond donors (Lipinski definition) is 4. The molecule has 0 aliphatic heterocycles. The fourth-order valence-electron chi connectivity index (χ4n) is 1.88. The Hall–Kier alpha value is -2.81. The largest absolute Gasteiger partial charge is 0.416 e. The van der Waals surface area contributed by atoms with E-state index in [2.05, 4.69) is 10.4 Å². The molecule has 0 aromatic heterocycles. The molecule has 5 nitrogen and oxygen atoms in total. The molecular formula is C14H13F4N5. The van der Waals surface area contributed by atoms with Gasteiger partial charge in [-0.2, -0.15) is 13.2 Å². The number of nitrogens with two attached hydrogens (primary N) is 2. The number of nitrogens with zero attached hydrogens (tertiary/aromatic N) is 1. The first-order valence-electron chi connectivity index (χ1n) is 6.35. The van der Waals surface area contributed by atoms with E-state index in [9.17, 15) is 17.6 Å². The van der Waals surface area contributed by atoms with Gasteiger partial charge in [0.1, 0.15) is 5.82 Å². The van der Waals surface area contributed by atoms with E-state index in [0.717, 1.165) is 12.1 Å². The molecule has 0 bridgehead atoms. The van der Waals surface area contributed by atoms with E-state index in [1.807, 2.05) is 5.53 Å². The van der Waals surface area contributed by atoms with Gasteiger partial charge < -0.3 is 11.1 Å². The van der Waals surface area contributed by atoms with Crippen molar-refractivity contribution in [3.8, 4) is 0 Å². The first-order chi connectivity index (χ1) is 10.8. The number of hydrazine groups is 1. The van der Waals surface area contributed by atoms with Gasteiger partial charge in [-0.1, -0.05) is 6.07 Å². The molecule has 0 aliphatic carbocycles. The van der Waals surface area contributed by atoms with Crippen LogP contribution >= 0.6 is 0 Å². The standard InChI is InChI=1S/C14H13F4N5/c15-11-3-1-2-10(13(19)22-23-20)12(11)21-9-6-4-8(5-7-9)14(16,17)18/h1-7,21,23H,20H2,(H2,19,22). The minimum absolute atomic E-state index is 0.0243. The van der Waals surface area contributed by atoms with E-state index in [-0.39, 0.29) is 22.8 Å². The van der Waals surface area contributed by atoms with E-state index in [1.54, 1.807) is 0 Å². The predicted octanol–water partition coefficient (Wildman–Crippen LogP) is 2.67. The highest BCUT2D eigenvalue weighted by Gasteiger charge is 2.30. The number of nitrogens with one attached hydrogen (secondary N) is 2. The first kappa shape index (κ1) is 16.6. The van der Waals surface area contributed by atoms with Gasteiger partial charge in [-0.05, 0) is 36.4 Å². The fraction of sp³-hybridized carbons (Fsp3) is 0.0714. The summed E-state index contributed by atoms with van der Waals surface area (Å²) >= 11 is 0. The average molecular weight is 327 g/mol. The summed E-state index contributed by atoms with van der Waals surface area (Å²) in [6.07, 6.45) is -4.44. The number of para-hydroxylation sites is 1. The topological polar surface area (TPSA) is 88.5 Å². The Morgan fingerprint density at radius 1 is 1.04 bits per heavy atom. The van der Waals surface area contributed by atoms with Crippen molar-refractivity contribution in [2.45, 2.75) is 6.18 Å². The van der Waals surface area contributed by atoms with Crippen molar-refractivity contribution in [3.05, 3.63) is 59.4 Å². The van der Waals surface area contributed by atoms with Crippen LogP contribution < -0.4 is 22.4 Å². The first-order valence-corrected chi connectivity index (χ1v) is 6.35. The van der Waals surface area contributed by atoms with E-state index < -0.39 is 17.6 Å². The summed E-state index contributed by atoms with van der Waals surface area (Å²) in [7, 11) is 0. The van der Waals surface area contributed by atoms with Gasteiger partial charge in [0.25, 0.3) is 0 Å². The van der Waals surface area contributed by atoms with Gasteiger partial charge in [0.05, 0.1) is 11.3 Å². The van der Waals surface area contributed by atoms with Gasteiger partial charge in [-0.25, -0.2) is 15.8 Å². The number of alkyl halides is 3. The van der Waals surface area contributed by atoms with Crippen LogP contribution in [0.4, 0.5) is 28.9 Å². The van der Waals surface area contributed by atoms with Crippen LogP contribution in [0.1, 0.15) is 11.1 Å². The van der Waals surface area contributed by atoms with Gasteiger partial charge in [-0.3, -0.25) is 0 Å². The SMILES string of the molecule is NN/N=C(\N)c1cccc(F)c1Nc1ccc(C(F)(F)F)cc1. The van der Waals surface area contributed by atoms with Gasteiger partial charge in [-0.15, -0.1) is 5.10 Å². The smallest absolute Gasteiger partial charge is 0.382 e. The van der Waals surface area contributed by atoms with Gasteiger partial charge in [0, 0.05) is 11.3 Å². The van der Waals surface area contributed by atoms with E-state index in [0.29, 0.717) is 0 Å². The minimum Gasteiger partial charge on any atom is -0.382 e. The Balaban J connectivity index is 2.35. The number of amidine groups is 1. The predicted molar refractivity (Wildman–Crippen MR) is 79.2 cm³/mol. The maximum absolute atomic E-state index is 14.0. The van der Waals surface area contributed by atoms with Gasteiger partial charge in [0.15, 0.2) is 5.84 Å². The van der Waals surface area contributed by atoms with E-state index in [4.69, 9.17) is 11.6 Å². The molecule has 9 heteroatoms. The van der Waals surface area contributed by atoms with Crippen molar-refractivity contribution in [2.24, 2.45) is 16.7 Å². The molecule has 0 unspecified atom stereocenters. The number of hydrazone groups is 1. The van der Waals surface area contributed by atoms with Crippen LogP contribution in [0.3, 0.4) is 0 Å². The van der Waals surface area contributed by atoms with E-state index >= 15 is 0 Å². The summed E-state index contributed by atoms with van der Waals surface area (Å²) in [6, 6.07) is 8.25. The number of benzene rings is 2. The number of rotatable bonds is 4. The molecule has 23 heavy (non-hydrogen) atoms. The van der Waals surface area contributed by atoms with Crippen molar-refractivity contribution in [2.75, 3.05) is 5.32 Å². The Bertz CT molecular complexity index is 710. The zero-order valence-corrected chi connectivity index (χ0v) is 11.7. The van der Waals surface area contributed by atoms with Gasteiger partial charge >= 0.3 is 6.18 Å². The highest BCUT2D eigenvalue weighted by atomic mass is 19.4. The molecular weight excluding hydrogens is 314 g/mol. The Labute approximate surface area is 128 Å². The number of hydrogen-bond acceptors (Lipinski definition) is 4. The van der Waals surface area contributed by atoms with E-state index in [1.165, 1.54) is 30.3 Å². The van der Waals surface area contributed by atoms with Crippen LogP contribution in [0.25, 0.3) is 0 Å². The normalized spacial score (nSPS) is 12.1. The van der Waals surface area contributed by atoms with Crippen molar-refractivity contribution < 1.29 is 17.6 Å². The quantitative estimate of drug-likeness (QED) is 0.229. The van der Waals surface area contributed by atoms with Crippen LogP contribution in [-0.4, -0.2) is 5.84 Å². The minimum atomic E-state index is -4.44. The monoisotopic (exact) mass is 327 g/mol. The molecule has 0 amide bonds. The summed E-state index contributed by atoms with van der Waals surface area (Å²) in [4.78, 5) is 0. The molecule has 0 heterocycles. The second-order valence-corrected chi connectivity index (χ2v) is 4.49. The fourth-order valence-corrected chi connectivity index (χ4v) is 1.88. The van der Waals surface area contributed by atoms with Crippen molar-refractivity contribution in [1.29, 1.82) is 0 Å².